The van der Waals surface area contributed by atoms with Crippen molar-refractivity contribution in [1.29, 1.82) is 5.41 Å². The van der Waals surface area contributed by atoms with Crippen LogP contribution in [0.5, 0.6) is 0 Å². The SMILES string of the molecule is N=c1c2c(-c3ccccc3)c(-c3ccccc3)n(Cc3ccccc3)c2ncn1[C@H](CO)Cc1ccccc1. The molecule has 2 N–H and O–H groups in total. The molecule has 4 aromatic carbocycles. The van der Waals surface area contributed by atoms with Crippen molar-refractivity contribution in [3.05, 3.63) is 144 Å². The lowest BCUT2D eigenvalue weighted by Crippen LogP contribution is -2.29. The molecule has 0 amide bonds. The van der Waals surface area contributed by atoms with E-state index >= 15 is 0 Å². The van der Waals surface area contributed by atoms with Gasteiger partial charge in [0.15, 0.2) is 0 Å². The van der Waals surface area contributed by atoms with Crippen LogP contribution >= 0.6 is 0 Å². The second-order valence-electron chi connectivity index (χ2n) is 9.75. The lowest BCUT2D eigenvalue weighted by atomic mass is 9.99. The standard InChI is InChI=1S/C34H30N4O/c35-33-31-30(27-17-9-3-10-18-27)32(28-19-11-4-12-20-28)37(22-26-15-7-2-8-16-26)34(31)36-24-38(33)29(23-39)21-25-13-5-1-6-14-25/h1-20,24,29,35,39H,21-23H2/t29-/m0/s1. The van der Waals surface area contributed by atoms with E-state index in [1.54, 1.807) is 6.33 Å². The van der Waals surface area contributed by atoms with Gasteiger partial charge < -0.3 is 14.2 Å². The van der Waals surface area contributed by atoms with Crippen LogP contribution < -0.4 is 5.49 Å². The molecule has 0 saturated heterocycles. The first kappa shape index (κ1) is 24.6. The fourth-order valence-corrected chi connectivity index (χ4v) is 5.38. The third kappa shape index (κ3) is 4.80. The molecule has 6 rings (SSSR count). The Morgan fingerprint density at radius 1 is 0.692 bits per heavy atom. The van der Waals surface area contributed by atoms with Crippen LogP contribution in [0.25, 0.3) is 33.4 Å². The van der Waals surface area contributed by atoms with E-state index in [0.29, 0.717) is 18.5 Å². The van der Waals surface area contributed by atoms with Crippen molar-refractivity contribution in [2.75, 3.05) is 6.61 Å². The summed E-state index contributed by atoms with van der Waals surface area (Å²) in [6.45, 7) is 0.536. The van der Waals surface area contributed by atoms with Gasteiger partial charge in [0.1, 0.15) is 11.1 Å². The van der Waals surface area contributed by atoms with Crippen LogP contribution in [0.15, 0.2) is 128 Å². The molecule has 0 aliphatic rings. The van der Waals surface area contributed by atoms with Crippen molar-refractivity contribution in [1.82, 2.24) is 14.1 Å². The average molecular weight is 511 g/mol. The number of aromatic nitrogens is 3. The molecule has 6 aromatic rings. The Bertz CT molecular complexity index is 1740. The highest BCUT2D eigenvalue weighted by Crippen LogP contribution is 2.39. The number of rotatable bonds is 8. The largest absolute Gasteiger partial charge is 0.394 e. The summed E-state index contributed by atoms with van der Waals surface area (Å²) in [6.07, 6.45) is 2.33. The normalized spacial score (nSPS) is 12.0. The Balaban J connectivity index is 1.64. The summed E-state index contributed by atoms with van der Waals surface area (Å²) < 4.78 is 4.05. The van der Waals surface area contributed by atoms with E-state index in [1.165, 1.54) is 0 Å². The minimum Gasteiger partial charge on any atom is -0.394 e. The molecule has 0 bridgehead atoms. The van der Waals surface area contributed by atoms with Crippen molar-refractivity contribution in [3.63, 3.8) is 0 Å². The maximum atomic E-state index is 10.4. The number of hydrogen-bond acceptors (Lipinski definition) is 3. The van der Waals surface area contributed by atoms with Gasteiger partial charge in [0.25, 0.3) is 0 Å². The first-order valence-corrected chi connectivity index (χ1v) is 13.2. The van der Waals surface area contributed by atoms with Crippen LogP contribution in [0.4, 0.5) is 0 Å². The summed E-state index contributed by atoms with van der Waals surface area (Å²) in [4.78, 5) is 4.98. The van der Waals surface area contributed by atoms with E-state index in [-0.39, 0.29) is 12.6 Å². The van der Waals surface area contributed by atoms with Gasteiger partial charge in [0.2, 0.25) is 0 Å². The molecule has 0 fully saturated rings. The zero-order valence-corrected chi connectivity index (χ0v) is 21.6. The number of fused-ring (bicyclic) bond motifs is 1. The Morgan fingerprint density at radius 2 is 1.23 bits per heavy atom. The van der Waals surface area contributed by atoms with Gasteiger partial charge in [-0.25, -0.2) is 4.98 Å². The summed E-state index contributed by atoms with van der Waals surface area (Å²) in [5, 5.41) is 20.7. The molecule has 0 spiro atoms. The second kappa shape index (κ2) is 10.9. The quantitative estimate of drug-likeness (QED) is 0.246. The molecular weight excluding hydrogens is 480 g/mol. The Hall–Kier alpha value is -4.74. The Kier molecular flexibility index (Phi) is 6.89. The van der Waals surface area contributed by atoms with Gasteiger partial charge in [-0.05, 0) is 28.7 Å². The van der Waals surface area contributed by atoms with Gasteiger partial charge in [-0.1, -0.05) is 121 Å². The molecule has 0 aliphatic carbocycles. The highest BCUT2D eigenvalue weighted by atomic mass is 16.3. The van der Waals surface area contributed by atoms with Gasteiger partial charge in [-0.15, -0.1) is 0 Å². The van der Waals surface area contributed by atoms with Crippen LogP contribution in [0.2, 0.25) is 0 Å². The van der Waals surface area contributed by atoms with E-state index in [0.717, 1.165) is 44.5 Å². The topological polar surface area (TPSA) is 66.8 Å². The van der Waals surface area contributed by atoms with Crippen molar-refractivity contribution in [2.45, 2.75) is 19.0 Å². The molecular formula is C34H30N4O. The van der Waals surface area contributed by atoms with E-state index in [9.17, 15) is 10.5 Å². The van der Waals surface area contributed by atoms with Crippen molar-refractivity contribution in [2.24, 2.45) is 0 Å². The molecule has 2 aromatic heterocycles. The molecule has 0 unspecified atom stereocenters. The van der Waals surface area contributed by atoms with Gasteiger partial charge in [0, 0.05) is 12.1 Å². The molecule has 2 heterocycles. The highest BCUT2D eigenvalue weighted by Gasteiger charge is 2.24. The maximum absolute atomic E-state index is 10.4. The minimum absolute atomic E-state index is 0.0877. The molecule has 0 saturated carbocycles. The van der Waals surface area contributed by atoms with Gasteiger partial charge in [-0.3, -0.25) is 5.41 Å². The van der Waals surface area contributed by atoms with Crippen molar-refractivity contribution < 1.29 is 5.11 Å². The van der Waals surface area contributed by atoms with Crippen LogP contribution in [0.3, 0.4) is 0 Å². The Labute approximate surface area is 227 Å². The molecule has 5 heteroatoms. The lowest BCUT2D eigenvalue weighted by molar-refractivity contribution is 0.223. The zero-order valence-electron chi connectivity index (χ0n) is 21.6. The number of hydrogen-bond donors (Lipinski definition) is 2. The fraction of sp³-hybridized carbons (Fsp3) is 0.118. The summed E-state index contributed by atoms with van der Waals surface area (Å²) in [5.74, 6) is 0. The molecule has 0 aliphatic heterocycles. The summed E-state index contributed by atoms with van der Waals surface area (Å²) >= 11 is 0. The third-order valence-corrected chi connectivity index (χ3v) is 7.25. The summed E-state index contributed by atoms with van der Waals surface area (Å²) in [5.41, 5.74) is 7.49. The number of aliphatic hydroxyl groups is 1. The first-order valence-electron chi connectivity index (χ1n) is 13.2. The number of aliphatic hydroxyl groups excluding tert-OH is 1. The summed E-state index contributed by atoms with van der Waals surface area (Å²) in [7, 11) is 0. The van der Waals surface area contributed by atoms with Crippen molar-refractivity contribution in [3.8, 4) is 22.4 Å². The van der Waals surface area contributed by atoms with Crippen LogP contribution in [-0.2, 0) is 13.0 Å². The van der Waals surface area contributed by atoms with Crippen LogP contribution in [0.1, 0.15) is 17.2 Å². The number of nitrogens with zero attached hydrogens (tertiary/aromatic N) is 3. The number of benzene rings is 4. The number of nitrogens with one attached hydrogen (secondary N) is 1. The van der Waals surface area contributed by atoms with E-state index in [1.807, 2.05) is 77.4 Å². The monoisotopic (exact) mass is 510 g/mol. The van der Waals surface area contributed by atoms with Crippen molar-refractivity contribution >= 4 is 11.0 Å². The smallest absolute Gasteiger partial charge is 0.146 e. The average Bonchev–Trinajstić information content (AvgIpc) is 3.33. The first-order chi connectivity index (χ1) is 19.2. The van der Waals surface area contributed by atoms with Gasteiger partial charge in [0.05, 0.1) is 30.1 Å². The van der Waals surface area contributed by atoms with E-state index in [4.69, 9.17) is 4.98 Å². The predicted molar refractivity (Wildman–Crippen MR) is 156 cm³/mol. The predicted octanol–water partition coefficient (Wildman–Crippen LogP) is 6.48. The molecule has 5 nitrogen and oxygen atoms in total. The Morgan fingerprint density at radius 3 is 1.82 bits per heavy atom. The maximum Gasteiger partial charge on any atom is 0.146 e. The van der Waals surface area contributed by atoms with Crippen LogP contribution in [-0.4, -0.2) is 25.8 Å². The fourth-order valence-electron chi connectivity index (χ4n) is 5.38. The lowest BCUT2D eigenvalue weighted by Gasteiger charge is -2.19. The molecule has 1 atom stereocenters. The minimum atomic E-state index is -0.307. The van der Waals surface area contributed by atoms with E-state index in [2.05, 4.69) is 53.1 Å². The van der Waals surface area contributed by atoms with Gasteiger partial charge in [-0.2, -0.15) is 0 Å². The molecule has 0 radical (unpaired) electrons. The van der Waals surface area contributed by atoms with Crippen LogP contribution in [0, 0.1) is 5.41 Å². The van der Waals surface area contributed by atoms with E-state index < -0.39 is 0 Å². The summed E-state index contributed by atoms with van der Waals surface area (Å²) in [6, 6.07) is 40.8. The van der Waals surface area contributed by atoms with Gasteiger partial charge >= 0.3 is 0 Å². The zero-order chi connectivity index (χ0) is 26.6. The highest BCUT2D eigenvalue weighted by molar-refractivity contribution is 6.02. The molecule has 39 heavy (non-hydrogen) atoms. The molecule has 192 valence electrons. The second-order valence-corrected chi connectivity index (χ2v) is 9.75. The third-order valence-electron chi connectivity index (χ3n) is 7.25.